The number of para-hydroxylation sites is 1. The molecule has 2 heterocycles. The first-order valence-electron chi connectivity index (χ1n) is 9.24. The van der Waals surface area contributed by atoms with Crippen LogP contribution in [-0.4, -0.2) is 41.3 Å². The second kappa shape index (κ2) is 6.77. The number of nitrogens with zero attached hydrogens (tertiary/aromatic N) is 1. The fraction of sp³-hybridized carbons (Fsp3) is 0.227. The highest BCUT2D eigenvalue weighted by atomic mass is 16.5. The normalized spacial score (nSPS) is 18.9. The molecule has 3 amide bonds. The Morgan fingerprint density at radius 2 is 1.79 bits per heavy atom. The Morgan fingerprint density at radius 3 is 2.48 bits per heavy atom. The van der Waals surface area contributed by atoms with Gasteiger partial charge >= 0.3 is 6.03 Å². The van der Waals surface area contributed by atoms with Crippen LogP contribution in [0.4, 0.5) is 4.79 Å². The molecule has 1 aromatic heterocycles. The highest BCUT2D eigenvalue weighted by Gasteiger charge is 2.49. The molecule has 0 saturated carbocycles. The number of aryl methyl sites for hydroxylation is 1. The van der Waals surface area contributed by atoms with Crippen LogP contribution in [-0.2, 0) is 10.3 Å². The first kappa shape index (κ1) is 18.7. The summed E-state index contributed by atoms with van der Waals surface area (Å²) in [6.07, 6.45) is 0. The van der Waals surface area contributed by atoms with E-state index in [-0.39, 0.29) is 12.3 Å². The Labute approximate surface area is 167 Å². The quantitative estimate of drug-likeness (QED) is 0.516. The molecule has 7 heteroatoms. The molecular formula is C22H21N3O4. The third-order valence-corrected chi connectivity index (χ3v) is 5.42. The van der Waals surface area contributed by atoms with Crippen LogP contribution in [0.1, 0.15) is 28.5 Å². The van der Waals surface area contributed by atoms with Gasteiger partial charge in [0.2, 0.25) is 0 Å². The highest BCUT2D eigenvalue weighted by Crippen LogP contribution is 2.31. The molecule has 1 aliphatic rings. The molecule has 3 aromatic rings. The number of ether oxygens (including phenoxy) is 1. The number of nitrogens with one attached hydrogen (secondary N) is 2. The number of hydrogen-bond donors (Lipinski definition) is 2. The lowest BCUT2D eigenvalue weighted by atomic mass is 9.92. The lowest BCUT2D eigenvalue weighted by Gasteiger charge is -2.22. The van der Waals surface area contributed by atoms with E-state index in [1.165, 1.54) is 0 Å². The minimum atomic E-state index is -1.24. The third kappa shape index (κ3) is 2.95. The van der Waals surface area contributed by atoms with E-state index in [1.807, 2.05) is 24.3 Å². The number of amides is 3. The summed E-state index contributed by atoms with van der Waals surface area (Å²) in [7, 11) is 1.55. The Balaban J connectivity index is 1.62. The van der Waals surface area contributed by atoms with Crippen molar-refractivity contribution in [2.75, 3.05) is 13.7 Å². The van der Waals surface area contributed by atoms with Crippen LogP contribution in [0.15, 0.2) is 48.5 Å². The number of benzene rings is 2. The summed E-state index contributed by atoms with van der Waals surface area (Å²) in [6, 6.07) is 13.8. The fourth-order valence-corrected chi connectivity index (χ4v) is 3.82. The summed E-state index contributed by atoms with van der Waals surface area (Å²) in [5, 5.41) is 3.50. The van der Waals surface area contributed by atoms with Crippen LogP contribution >= 0.6 is 0 Å². The van der Waals surface area contributed by atoms with Gasteiger partial charge in [-0.15, -0.1) is 0 Å². The van der Waals surface area contributed by atoms with E-state index in [1.54, 1.807) is 45.2 Å². The number of Topliss-reactive ketones (excluding diaryl/α,β-unsaturated/α-hetero) is 1. The van der Waals surface area contributed by atoms with Crippen molar-refractivity contribution in [3.8, 4) is 5.75 Å². The summed E-state index contributed by atoms with van der Waals surface area (Å²) >= 11 is 0. The summed E-state index contributed by atoms with van der Waals surface area (Å²) in [5.41, 5.74) is 1.43. The third-order valence-electron chi connectivity index (χ3n) is 5.42. The van der Waals surface area contributed by atoms with Crippen LogP contribution in [0.5, 0.6) is 5.75 Å². The highest BCUT2D eigenvalue weighted by molar-refractivity contribution is 6.15. The van der Waals surface area contributed by atoms with Crippen molar-refractivity contribution in [2.45, 2.75) is 19.4 Å². The number of carbonyl (C=O) groups excluding carboxylic acids is 3. The van der Waals surface area contributed by atoms with Gasteiger partial charge in [0.05, 0.1) is 13.7 Å². The molecule has 29 heavy (non-hydrogen) atoms. The van der Waals surface area contributed by atoms with E-state index in [0.29, 0.717) is 22.6 Å². The van der Waals surface area contributed by atoms with Gasteiger partial charge < -0.3 is 15.0 Å². The van der Waals surface area contributed by atoms with Gasteiger partial charge in [-0.05, 0) is 37.6 Å². The fourth-order valence-electron chi connectivity index (χ4n) is 3.82. The largest absolute Gasteiger partial charge is 0.497 e. The number of carbonyl (C=O) groups is 3. The Bertz CT molecular complexity index is 1130. The Morgan fingerprint density at radius 1 is 1.10 bits per heavy atom. The maximum Gasteiger partial charge on any atom is 0.325 e. The topological polar surface area (TPSA) is 91.5 Å². The second-order valence-corrected chi connectivity index (χ2v) is 7.27. The molecule has 1 atom stereocenters. The standard InChI is InChI=1S/C22H21N3O4/c1-13-19(16-6-4-5-7-17(16)23-13)18(26)12-25-20(27)22(2,24-21(25)28)14-8-10-15(29-3)11-9-14/h4-11,23H,12H2,1-3H3,(H,24,28)/t22-/m0/s1. The Hall–Kier alpha value is -3.61. The van der Waals surface area contributed by atoms with Gasteiger partial charge in [-0.2, -0.15) is 0 Å². The molecule has 1 aliphatic heterocycles. The zero-order valence-corrected chi connectivity index (χ0v) is 16.4. The molecule has 2 N–H and O–H groups in total. The van der Waals surface area contributed by atoms with Gasteiger partial charge in [0.1, 0.15) is 11.3 Å². The van der Waals surface area contributed by atoms with Gasteiger partial charge in [-0.25, -0.2) is 4.79 Å². The predicted molar refractivity (Wildman–Crippen MR) is 108 cm³/mol. The van der Waals surface area contributed by atoms with E-state index in [0.717, 1.165) is 15.8 Å². The Kier molecular flexibility index (Phi) is 4.38. The molecule has 7 nitrogen and oxygen atoms in total. The number of H-pyrrole nitrogens is 1. The maximum absolute atomic E-state index is 13.1. The summed E-state index contributed by atoms with van der Waals surface area (Å²) < 4.78 is 5.14. The number of hydrogen-bond acceptors (Lipinski definition) is 4. The van der Waals surface area contributed by atoms with Crippen LogP contribution < -0.4 is 10.1 Å². The number of aromatic amines is 1. The number of fused-ring (bicyclic) bond motifs is 1. The molecule has 2 aromatic carbocycles. The zero-order valence-electron chi connectivity index (χ0n) is 16.4. The van der Waals surface area contributed by atoms with E-state index >= 15 is 0 Å². The number of methoxy groups -OCH3 is 1. The van der Waals surface area contributed by atoms with Crippen molar-refractivity contribution in [1.29, 1.82) is 0 Å². The lowest BCUT2D eigenvalue weighted by Crippen LogP contribution is -2.41. The van der Waals surface area contributed by atoms with E-state index < -0.39 is 17.5 Å². The average Bonchev–Trinajstić information content (AvgIpc) is 3.16. The predicted octanol–water partition coefficient (Wildman–Crippen LogP) is 3.13. The van der Waals surface area contributed by atoms with Gasteiger partial charge in [0, 0.05) is 22.2 Å². The summed E-state index contributed by atoms with van der Waals surface area (Å²) in [4.78, 5) is 42.8. The smallest absolute Gasteiger partial charge is 0.325 e. The molecule has 1 fully saturated rings. The second-order valence-electron chi connectivity index (χ2n) is 7.27. The first-order valence-corrected chi connectivity index (χ1v) is 9.24. The molecule has 1 saturated heterocycles. The van der Waals surface area contributed by atoms with Gasteiger partial charge in [0.15, 0.2) is 5.78 Å². The van der Waals surface area contributed by atoms with E-state index in [4.69, 9.17) is 4.74 Å². The first-order chi connectivity index (χ1) is 13.8. The number of aromatic nitrogens is 1. The minimum Gasteiger partial charge on any atom is -0.497 e. The number of urea groups is 1. The molecule has 4 rings (SSSR count). The van der Waals surface area contributed by atoms with Crippen LogP contribution in [0.25, 0.3) is 10.9 Å². The summed E-state index contributed by atoms with van der Waals surface area (Å²) in [6.45, 7) is 3.12. The molecule has 148 valence electrons. The van der Waals surface area contributed by atoms with Crippen molar-refractivity contribution in [1.82, 2.24) is 15.2 Å². The minimum absolute atomic E-state index is 0.289. The lowest BCUT2D eigenvalue weighted by molar-refractivity contribution is -0.130. The SMILES string of the molecule is COc1ccc([C@]2(C)NC(=O)N(CC(=O)c3c(C)[nH]c4ccccc34)C2=O)cc1. The van der Waals surface area contributed by atoms with Crippen molar-refractivity contribution in [2.24, 2.45) is 0 Å². The van der Waals surface area contributed by atoms with E-state index in [9.17, 15) is 14.4 Å². The zero-order chi connectivity index (χ0) is 20.8. The monoisotopic (exact) mass is 391 g/mol. The van der Waals surface area contributed by atoms with E-state index in [2.05, 4.69) is 10.3 Å². The van der Waals surface area contributed by atoms with Crippen LogP contribution in [0.3, 0.4) is 0 Å². The van der Waals surface area contributed by atoms with Crippen molar-refractivity contribution in [3.63, 3.8) is 0 Å². The molecule has 0 bridgehead atoms. The van der Waals surface area contributed by atoms with Gasteiger partial charge in [-0.1, -0.05) is 30.3 Å². The number of imide groups is 1. The number of rotatable bonds is 5. The van der Waals surface area contributed by atoms with Crippen molar-refractivity contribution < 1.29 is 19.1 Å². The van der Waals surface area contributed by atoms with Crippen molar-refractivity contribution in [3.05, 3.63) is 65.4 Å². The summed E-state index contributed by atoms with van der Waals surface area (Å²) in [5.74, 6) is -0.100. The molecule has 0 spiro atoms. The van der Waals surface area contributed by atoms with Crippen LogP contribution in [0, 0.1) is 6.92 Å². The van der Waals surface area contributed by atoms with Gasteiger partial charge in [0.25, 0.3) is 5.91 Å². The molecule has 0 radical (unpaired) electrons. The van der Waals surface area contributed by atoms with Crippen LogP contribution in [0.2, 0.25) is 0 Å². The maximum atomic E-state index is 13.1. The molecule has 0 aliphatic carbocycles. The average molecular weight is 391 g/mol. The van der Waals surface area contributed by atoms with Crippen molar-refractivity contribution >= 4 is 28.6 Å². The molecule has 0 unspecified atom stereocenters. The molecular weight excluding hydrogens is 370 g/mol. The van der Waals surface area contributed by atoms with Gasteiger partial charge in [-0.3, -0.25) is 14.5 Å². The number of ketones is 1.